The largest absolute Gasteiger partial charge is 0.384 e. The van der Waals surface area contributed by atoms with Gasteiger partial charge in [-0.3, -0.25) is 0 Å². The number of methoxy groups -OCH3 is 1. The summed E-state index contributed by atoms with van der Waals surface area (Å²) in [6.45, 7) is 2.75. The van der Waals surface area contributed by atoms with Gasteiger partial charge in [0.05, 0.1) is 11.3 Å². The minimum Gasteiger partial charge on any atom is -0.384 e. The van der Waals surface area contributed by atoms with Crippen LogP contribution in [0.5, 0.6) is 0 Å². The maximum Gasteiger partial charge on any atom is 0.101 e. The Hall–Kier alpha value is -1.24. The lowest BCUT2D eigenvalue weighted by atomic mass is 9.97. The van der Waals surface area contributed by atoms with Crippen LogP contribution in [0, 0.1) is 17.2 Å². The molecule has 18 heavy (non-hydrogen) atoms. The molecule has 96 valence electrons. The lowest BCUT2D eigenvalue weighted by molar-refractivity contribution is 0.139. The molecule has 3 nitrogen and oxygen atoms in total. The predicted octanol–water partition coefficient (Wildman–Crippen LogP) is 3.07. The Kier molecular flexibility index (Phi) is 4.46. The van der Waals surface area contributed by atoms with Gasteiger partial charge in [0, 0.05) is 31.8 Å². The van der Waals surface area contributed by atoms with Gasteiger partial charge >= 0.3 is 0 Å². The second kappa shape index (κ2) is 6.08. The predicted molar refractivity (Wildman–Crippen MR) is 73.0 cm³/mol. The normalized spacial score (nSPS) is 16.6. The number of hydrogen-bond donors (Lipinski definition) is 0. The number of hydrogen-bond acceptors (Lipinski definition) is 3. The van der Waals surface area contributed by atoms with E-state index >= 15 is 0 Å². The standard InChI is InChI=1S/C14H17ClN2O/c1-18-10-11-4-6-17(7-5-11)14-8-13(15)3-2-12(14)9-16/h2-3,8,11H,4-7,10H2,1H3. The van der Waals surface area contributed by atoms with Crippen LogP contribution in [0.1, 0.15) is 18.4 Å². The number of nitrogens with zero attached hydrogens (tertiary/aromatic N) is 2. The van der Waals surface area contributed by atoms with E-state index in [1.807, 2.05) is 6.07 Å². The highest BCUT2D eigenvalue weighted by Gasteiger charge is 2.21. The van der Waals surface area contributed by atoms with E-state index in [4.69, 9.17) is 21.6 Å². The van der Waals surface area contributed by atoms with Gasteiger partial charge in [-0.15, -0.1) is 0 Å². The molecular weight excluding hydrogens is 248 g/mol. The first kappa shape index (κ1) is 13.2. The van der Waals surface area contributed by atoms with Crippen molar-refractivity contribution >= 4 is 17.3 Å². The molecule has 1 aliphatic rings. The summed E-state index contributed by atoms with van der Waals surface area (Å²) in [5, 5.41) is 9.82. The van der Waals surface area contributed by atoms with Crippen LogP contribution in [0.3, 0.4) is 0 Å². The van der Waals surface area contributed by atoms with Gasteiger partial charge in [0.15, 0.2) is 0 Å². The lowest BCUT2D eigenvalue weighted by Gasteiger charge is -2.33. The average Bonchev–Trinajstić information content (AvgIpc) is 2.40. The molecule has 0 spiro atoms. The van der Waals surface area contributed by atoms with E-state index in [2.05, 4.69) is 11.0 Å². The van der Waals surface area contributed by atoms with Crippen LogP contribution in [0.25, 0.3) is 0 Å². The first-order chi connectivity index (χ1) is 8.74. The Morgan fingerprint density at radius 3 is 2.78 bits per heavy atom. The molecule has 0 unspecified atom stereocenters. The first-order valence-corrected chi connectivity index (χ1v) is 6.56. The van der Waals surface area contributed by atoms with E-state index < -0.39 is 0 Å². The van der Waals surface area contributed by atoms with Gasteiger partial charge < -0.3 is 9.64 Å². The summed E-state index contributed by atoms with van der Waals surface area (Å²) in [5.74, 6) is 0.635. The number of halogens is 1. The van der Waals surface area contributed by atoms with E-state index in [1.54, 1.807) is 19.2 Å². The van der Waals surface area contributed by atoms with E-state index in [9.17, 15) is 0 Å². The van der Waals surface area contributed by atoms with E-state index in [1.165, 1.54) is 0 Å². The molecular formula is C14H17ClN2O. The fourth-order valence-electron chi connectivity index (χ4n) is 2.44. The fourth-order valence-corrected chi connectivity index (χ4v) is 2.60. The zero-order valence-electron chi connectivity index (χ0n) is 10.5. The highest BCUT2D eigenvalue weighted by atomic mass is 35.5. The molecule has 1 heterocycles. The molecule has 0 atom stereocenters. The molecule has 1 saturated heterocycles. The fraction of sp³-hybridized carbons (Fsp3) is 0.500. The minimum absolute atomic E-state index is 0.635. The number of ether oxygens (including phenoxy) is 1. The molecule has 1 aliphatic heterocycles. The van der Waals surface area contributed by atoms with Gasteiger partial charge in [-0.1, -0.05) is 11.6 Å². The Balaban J connectivity index is 2.10. The van der Waals surface area contributed by atoms with Crippen molar-refractivity contribution in [3.8, 4) is 6.07 Å². The number of anilines is 1. The molecule has 1 fully saturated rings. The van der Waals surface area contributed by atoms with Crippen molar-refractivity contribution in [3.63, 3.8) is 0 Å². The van der Waals surface area contributed by atoms with Crippen LogP contribution in [0.2, 0.25) is 5.02 Å². The maximum atomic E-state index is 9.14. The van der Waals surface area contributed by atoms with Crippen LogP contribution in [-0.4, -0.2) is 26.8 Å². The monoisotopic (exact) mass is 264 g/mol. The summed E-state index contributed by atoms with van der Waals surface area (Å²) in [5.41, 5.74) is 1.66. The Labute approximate surface area is 113 Å². The van der Waals surface area contributed by atoms with E-state index in [0.29, 0.717) is 16.5 Å². The molecule has 0 saturated carbocycles. The number of benzene rings is 1. The molecule has 1 aromatic rings. The first-order valence-electron chi connectivity index (χ1n) is 6.18. The molecule has 0 radical (unpaired) electrons. The molecule has 1 aromatic carbocycles. The molecule has 0 amide bonds. The smallest absolute Gasteiger partial charge is 0.101 e. The van der Waals surface area contributed by atoms with Crippen LogP contribution in [0.15, 0.2) is 18.2 Å². The van der Waals surface area contributed by atoms with Crippen LogP contribution in [0.4, 0.5) is 5.69 Å². The van der Waals surface area contributed by atoms with Gasteiger partial charge in [-0.05, 0) is 37.0 Å². The van der Waals surface area contributed by atoms with E-state index in [-0.39, 0.29) is 0 Å². The summed E-state index contributed by atoms with van der Waals surface area (Å²) < 4.78 is 5.19. The molecule has 0 bridgehead atoms. The number of piperidine rings is 1. The molecule has 4 heteroatoms. The van der Waals surface area contributed by atoms with Crippen LogP contribution >= 0.6 is 11.6 Å². The van der Waals surface area contributed by atoms with Gasteiger partial charge in [0.1, 0.15) is 6.07 Å². The van der Waals surface area contributed by atoms with Crippen molar-refractivity contribution in [3.05, 3.63) is 28.8 Å². The number of rotatable bonds is 3. The summed E-state index contributed by atoms with van der Waals surface area (Å²) in [7, 11) is 1.75. The van der Waals surface area contributed by atoms with Crippen molar-refractivity contribution in [1.29, 1.82) is 5.26 Å². The molecule has 0 aromatic heterocycles. The summed E-state index contributed by atoms with van der Waals surface area (Å²) >= 11 is 6.02. The zero-order chi connectivity index (χ0) is 13.0. The maximum absolute atomic E-state index is 9.14. The molecule has 0 aliphatic carbocycles. The second-order valence-corrected chi connectivity index (χ2v) is 5.10. The Morgan fingerprint density at radius 1 is 1.44 bits per heavy atom. The quantitative estimate of drug-likeness (QED) is 0.842. The van der Waals surface area contributed by atoms with E-state index in [0.717, 1.165) is 38.2 Å². The lowest BCUT2D eigenvalue weighted by Crippen LogP contribution is -2.35. The Bertz CT molecular complexity index is 448. The average molecular weight is 265 g/mol. The van der Waals surface area contributed by atoms with Crippen molar-refractivity contribution < 1.29 is 4.74 Å². The second-order valence-electron chi connectivity index (χ2n) is 4.66. The summed E-state index contributed by atoms with van der Waals surface area (Å²) in [6, 6.07) is 7.67. The highest BCUT2D eigenvalue weighted by Crippen LogP contribution is 2.28. The highest BCUT2D eigenvalue weighted by molar-refractivity contribution is 6.30. The van der Waals surface area contributed by atoms with Crippen molar-refractivity contribution in [1.82, 2.24) is 0 Å². The third-order valence-corrected chi connectivity index (χ3v) is 3.67. The zero-order valence-corrected chi connectivity index (χ0v) is 11.3. The number of nitriles is 1. The minimum atomic E-state index is 0.635. The van der Waals surface area contributed by atoms with Crippen LogP contribution < -0.4 is 4.90 Å². The summed E-state index contributed by atoms with van der Waals surface area (Å²) in [6.07, 6.45) is 2.20. The van der Waals surface area contributed by atoms with Gasteiger partial charge in [0.2, 0.25) is 0 Å². The van der Waals surface area contributed by atoms with Gasteiger partial charge in [-0.2, -0.15) is 5.26 Å². The third kappa shape index (κ3) is 2.95. The van der Waals surface area contributed by atoms with Crippen molar-refractivity contribution in [2.75, 3.05) is 31.7 Å². The third-order valence-electron chi connectivity index (χ3n) is 3.44. The van der Waals surface area contributed by atoms with Crippen molar-refractivity contribution in [2.24, 2.45) is 5.92 Å². The Morgan fingerprint density at radius 2 is 2.17 bits per heavy atom. The van der Waals surface area contributed by atoms with Crippen molar-refractivity contribution in [2.45, 2.75) is 12.8 Å². The van der Waals surface area contributed by atoms with Gasteiger partial charge in [-0.25, -0.2) is 0 Å². The van der Waals surface area contributed by atoms with Crippen LogP contribution in [-0.2, 0) is 4.74 Å². The SMILES string of the molecule is COCC1CCN(c2cc(Cl)ccc2C#N)CC1. The summed E-state index contributed by atoms with van der Waals surface area (Å²) in [4.78, 5) is 2.25. The topological polar surface area (TPSA) is 36.3 Å². The molecule has 2 rings (SSSR count). The van der Waals surface area contributed by atoms with Gasteiger partial charge in [0.25, 0.3) is 0 Å². The molecule has 0 N–H and O–H groups in total.